The summed E-state index contributed by atoms with van der Waals surface area (Å²) in [5.41, 5.74) is 1.18. The third-order valence-corrected chi connectivity index (χ3v) is 6.76. The number of piperidine rings is 1. The Morgan fingerprint density at radius 1 is 1.00 bits per heavy atom. The molecule has 0 N–H and O–H groups in total. The van der Waals surface area contributed by atoms with Crippen LogP contribution in [0.5, 0.6) is 5.75 Å². The average molecular weight is 445 g/mol. The number of benzene rings is 3. The van der Waals surface area contributed by atoms with Gasteiger partial charge in [0.1, 0.15) is 11.6 Å². The van der Waals surface area contributed by atoms with E-state index in [2.05, 4.69) is 0 Å². The SMILES string of the molecule is C[C@H]1CC(=O)c2c(OC(=O)C3CCN(C(=O)c4cccc5ccccc45)CC3)ccc(F)c21. The molecular weight excluding hydrogens is 421 g/mol. The van der Waals surface area contributed by atoms with Crippen molar-refractivity contribution in [2.45, 2.75) is 32.1 Å². The van der Waals surface area contributed by atoms with E-state index >= 15 is 0 Å². The summed E-state index contributed by atoms with van der Waals surface area (Å²) >= 11 is 0. The minimum atomic E-state index is -0.441. The van der Waals surface area contributed by atoms with Gasteiger partial charge in [0, 0.05) is 30.6 Å². The van der Waals surface area contributed by atoms with Gasteiger partial charge in [-0.2, -0.15) is 0 Å². The molecule has 1 aliphatic carbocycles. The van der Waals surface area contributed by atoms with E-state index in [0.717, 1.165) is 10.8 Å². The monoisotopic (exact) mass is 445 g/mol. The first-order chi connectivity index (χ1) is 15.9. The molecule has 6 heteroatoms. The van der Waals surface area contributed by atoms with Gasteiger partial charge in [0.2, 0.25) is 0 Å². The molecule has 0 bridgehead atoms. The number of likely N-dealkylation sites (tertiary alicyclic amines) is 1. The Labute approximate surface area is 191 Å². The number of fused-ring (bicyclic) bond motifs is 2. The number of ether oxygens (including phenoxy) is 1. The lowest BCUT2D eigenvalue weighted by atomic mass is 9.95. The van der Waals surface area contributed by atoms with E-state index in [-0.39, 0.29) is 41.3 Å². The largest absolute Gasteiger partial charge is 0.426 e. The molecule has 5 rings (SSSR count). The van der Waals surface area contributed by atoms with Gasteiger partial charge in [0.05, 0.1) is 11.5 Å². The minimum absolute atomic E-state index is 0.0467. The third-order valence-electron chi connectivity index (χ3n) is 6.76. The second-order valence-corrected chi connectivity index (χ2v) is 8.88. The minimum Gasteiger partial charge on any atom is -0.426 e. The van der Waals surface area contributed by atoms with Crippen LogP contribution in [0.3, 0.4) is 0 Å². The Kier molecular flexibility index (Phi) is 5.44. The van der Waals surface area contributed by atoms with Gasteiger partial charge in [-0.25, -0.2) is 4.39 Å². The van der Waals surface area contributed by atoms with Gasteiger partial charge in [0.15, 0.2) is 5.78 Å². The fourth-order valence-corrected chi connectivity index (χ4v) is 5.00. The zero-order valence-corrected chi connectivity index (χ0v) is 18.3. The van der Waals surface area contributed by atoms with Crippen molar-refractivity contribution in [2.24, 2.45) is 5.92 Å². The van der Waals surface area contributed by atoms with Crippen LogP contribution in [0, 0.1) is 11.7 Å². The number of Topliss-reactive ketones (excluding diaryl/α,β-unsaturated/α-hetero) is 1. The maximum absolute atomic E-state index is 14.2. The summed E-state index contributed by atoms with van der Waals surface area (Å²) in [6.07, 6.45) is 1.17. The summed E-state index contributed by atoms with van der Waals surface area (Å²) < 4.78 is 19.8. The topological polar surface area (TPSA) is 63.7 Å². The predicted molar refractivity (Wildman–Crippen MR) is 122 cm³/mol. The number of amides is 1. The Morgan fingerprint density at radius 3 is 2.52 bits per heavy atom. The smallest absolute Gasteiger partial charge is 0.314 e. The maximum Gasteiger partial charge on any atom is 0.314 e. The molecule has 5 nitrogen and oxygen atoms in total. The van der Waals surface area contributed by atoms with Gasteiger partial charge in [0.25, 0.3) is 5.91 Å². The zero-order valence-electron chi connectivity index (χ0n) is 18.3. The molecule has 1 aliphatic heterocycles. The van der Waals surface area contributed by atoms with Crippen molar-refractivity contribution < 1.29 is 23.5 Å². The molecule has 0 saturated carbocycles. The quantitative estimate of drug-likeness (QED) is 0.414. The third kappa shape index (κ3) is 3.80. The van der Waals surface area contributed by atoms with Crippen LogP contribution in [0.15, 0.2) is 54.6 Å². The molecule has 0 unspecified atom stereocenters. The van der Waals surface area contributed by atoms with E-state index < -0.39 is 11.8 Å². The van der Waals surface area contributed by atoms with Crippen LogP contribution < -0.4 is 4.74 Å². The number of esters is 1. The highest BCUT2D eigenvalue weighted by molar-refractivity contribution is 6.07. The second-order valence-electron chi connectivity index (χ2n) is 8.88. The zero-order chi connectivity index (χ0) is 23.1. The molecule has 2 aliphatic rings. The molecule has 1 heterocycles. The summed E-state index contributed by atoms with van der Waals surface area (Å²) in [7, 11) is 0. The number of halogens is 1. The Balaban J connectivity index is 1.27. The molecule has 33 heavy (non-hydrogen) atoms. The van der Waals surface area contributed by atoms with E-state index in [1.54, 1.807) is 11.8 Å². The van der Waals surface area contributed by atoms with E-state index in [1.165, 1.54) is 12.1 Å². The fourth-order valence-electron chi connectivity index (χ4n) is 5.00. The lowest BCUT2D eigenvalue weighted by molar-refractivity contribution is -0.140. The predicted octanol–water partition coefficient (Wildman–Crippen LogP) is 5.13. The van der Waals surface area contributed by atoms with Gasteiger partial charge < -0.3 is 9.64 Å². The van der Waals surface area contributed by atoms with Crippen LogP contribution in [-0.2, 0) is 4.79 Å². The van der Waals surface area contributed by atoms with Crippen molar-refractivity contribution in [1.29, 1.82) is 0 Å². The number of carbonyl (C=O) groups is 3. The first-order valence-electron chi connectivity index (χ1n) is 11.3. The van der Waals surface area contributed by atoms with Crippen LogP contribution >= 0.6 is 0 Å². The number of hydrogen-bond donors (Lipinski definition) is 0. The number of hydrogen-bond acceptors (Lipinski definition) is 4. The number of nitrogens with zero attached hydrogens (tertiary/aromatic N) is 1. The number of carbonyl (C=O) groups excluding carboxylic acids is 3. The van der Waals surface area contributed by atoms with E-state index in [0.29, 0.717) is 37.1 Å². The van der Waals surface area contributed by atoms with Crippen molar-refractivity contribution in [3.63, 3.8) is 0 Å². The summed E-state index contributed by atoms with van der Waals surface area (Å²) in [6, 6.07) is 16.1. The highest BCUT2D eigenvalue weighted by atomic mass is 19.1. The van der Waals surface area contributed by atoms with Gasteiger partial charge in [-0.1, -0.05) is 43.3 Å². The van der Waals surface area contributed by atoms with Crippen molar-refractivity contribution in [1.82, 2.24) is 4.90 Å². The molecule has 1 saturated heterocycles. The first kappa shape index (κ1) is 21.3. The molecular formula is C27H24FNO4. The van der Waals surface area contributed by atoms with Crippen LogP contribution in [0.2, 0.25) is 0 Å². The van der Waals surface area contributed by atoms with E-state index in [4.69, 9.17) is 4.74 Å². The highest BCUT2D eigenvalue weighted by Gasteiger charge is 2.35. The normalized spacial score (nSPS) is 18.4. The number of ketones is 1. The molecule has 1 atom stereocenters. The highest BCUT2D eigenvalue weighted by Crippen LogP contribution is 2.40. The van der Waals surface area contributed by atoms with Gasteiger partial charge in [-0.3, -0.25) is 14.4 Å². The standard InChI is InChI=1S/C27H24FNO4/c1-16-15-22(30)25-23(10-9-21(28)24(16)25)33-27(32)18-11-13-29(14-12-18)26(31)20-8-4-6-17-5-2-3-7-19(17)20/h2-10,16,18H,11-15H2,1H3/t16-/m0/s1. The van der Waals surface area contributed by atoms with Gasteiger partial charge >= 0.3 is 5.97 Å². The van der Waals surface area contributed by atoms with E-state index in [9.17, 15) is 18.8 Å². The number of rotatable bonds is 3. The fraction of sp³-hybridized carbons (Fsp3) is 0.296. The van der Waals surface area contributed by atoms with Crippen molar-refractivity contribution in [3.8, 4) is 5.75 Å². The van der Waals surface area contributed by atoms with Crippen molar-refractivity contribution in [3.05, 3.63) is 77.1 Å². The lowest BCUT2D eigenvalue weighted by Gasteiger charge is -2.31. The van der Waals surface area contributed by atoms with Gasteiger partial charge in [-0.15, -0.1) is 0 Å². The molecule has 1 fully saturated rings. The Morgan fingerprint density at radius 2 is 1.73 bits per heavy atom. The van der Waals surface area contributed by atoms with Crippen LogP contribution in [0.4, 0.5) is 4.39 Å². The maximum atomic E-state index is 14.2. The molecule has 0 aromatic heterocycles. The molecule has 0 radical (unpaired) electrons. The first-order valence-corrected chi connectivity index (χ1v) is 11.3. The van der Waals surface area contributed by atoms with Crippen LogP contribution in [0.25, 0.3) is 10.8 Å². The summed E-state index contributed by atoms with van der Waals surface area (Å²) in [6.45, 7) is 2.68. The Bertz CT molecular complexity index is 1270. The van der Waals surface area contributed by atoms with Crippen molar-refractivity contribution in [2.75, 3.05) is 13.1 Å². The summed E-state index contributed by atoms with van der Waals surface area (Å²) in [5.74, 6) is -1.59. The lowest BCUT2D eigenvalue weighted by Crippen LogP contribution is -2.41. The average Bonchev–Trinajstić information content (AvgIpc) is 3.14. The molecule has 3 aromatic carbocycles. The van der Waals surface area contributed by atoms with Gasteiger partial charge in [-0.05, 0) is 47.7 Å². The molecule has 168 valence electrons. The van der Waals surface area contributed by atoms with E-state index in [1.807, 2.05) is 42.5 Å². The van der Waals surface area contributed by atoms with Crippen LogP contribution in [-0.4, -0.2) is 35.6 Å². The second kappa shape index (κ2) is 8.43. The molecule has 3 aromatic rings. The van der Waals surface area contributed by atoms with Crippen molar-refractivity contribution >= 4 is 28.4 Å². The summed E-state index contributed by atoms with van der Waals surface area (Å²) in [5, 5.41) is 1.92. The Hall–Kier alpha value is -3.54. The molecule has 1 amide bonds. The summed E-state index contributed by atoms with van der Waals surface area (Å²) in [4.78, 5) is 40.1. The van der Waals surface area contributed by atoms with Crippen LogP contribution in [0.1, 0.15) is 58.4 Å². The molecule has 0 spiro atoms.